The summed E-state index contributed by atoms with van der Waals surface area (Å²) in [5.74, 6) is 0.588. The van der Waals surface area contributed by atoms with Crippen molar-refractivity contribution in [1.29, 1.82) is 0 Å². The Labute approximate surface area is 147 Å². The second-order valence-electron chi connectivity index (χ2n) is 6.63. The van der Waals surface area contributed by atoms with Crippen LogP contribution in [-0.4, -0.2) is 37.1 Å². The number of hydrogen-bond acceptors (Lipinski definition) is 4. The molecule has 1 aromatic carbocycles. The van der Waals surface area contributed by atoms with Gasteiger partial charge in [0.2, 0.25) is 0 Å². The van der Waals surface area contributed by atoms with Crippen LogP contribution < -0.4 is 5.32 Å². The molecule has 0 bridgehead atoms. The van der Waals surface area contributed by atoms with Crippen molar-refractivity contribution < 1.29 is 18.7 Å². The number of para-hydroxylation sites is 1. The number of hydrogen-bond donors (Lipinski definition) is 1. The van der Waals surface area contributed by atoms with E-state index in [1.54, 1.807) is 4.90 Å². The number of rotatable bonds is 3. The first-order chi connectivity index (χ1) is 12.0. The Morgan fingerprint density at radius 1 is 1.36 bits per heavy atom. The zero-order valence-electron chi connectivity index (χ0n) is 14.9. The van der Waals surface area contributed by atoms with Crippen molar-refractivity contribution in [3.8, 4) is 0 Å². The normalized spacial score (nSPS) is 20.5. The Bertz CT molecular complexity index is 783. The summed E-state index contributed by atoms with van der Waals surface area (Å²) < 4.78 is 10.6. The van der Waals surface area contributed by atoms with Crippen molar-refractivity contribution >= 4 is 23.0 Å². The fraction of sp³-hybridized carbons (Fsp3) is 0.474. The zero-order valence-corrected chi connectivity index (χ0v) is 14.9. The van der Waals surface area contributed by atoms with Crippen LogP contribution in [0.15, 0.2) is 28.7 Å². The van der Waals surface area contributed by atoms with Crippen LogP contribution in [0, 0.1) is 18.8 Å². The lowest BCUT2D eigenvalue weighted by Gasteiger charge is -2.35. The van der Waals surface area contributed by atoms with Crippen molar-refractivity contribution in [3.05, 3.63) is 35.6 Å². The predicted octanol–water partition coefficient (Wildman–Crippen LogP) is 3.08. The number of carbonyl (C=O) groups excluding carboxylic acids is 2. The van der Waals surface area contributed by atoms with E-state index in [-0.39, 0.29) is 23.8 Å². The summed E-state index contributed by atoms with van der Waals surface area (Å²) in [5, 5.41) is 4.00. The van der Waals surface area contributed by atoms with Gasteiger partial charge in [0.25, 0.3) is 0 Å². The molecule has 0 aliphatic carbocycles. The number of benzene rings is 1. The van der Waals surface area contributed by atoms with E-state index < -0.39 is 0 Å². The van der Waals surface area contributed by atoms with Gasteiger partial charge in [0.05, 0.1) is 13.0 Å². The van der Waals surface area contributed by atoms with Gasteiger partial charge in [-0.1, -0.05) is 25.1 Å². The summed E-state index contributed by atoms with van der Waals surface area (Å²) in [6, 6.07) is 7.70. The third kappa shape index (κ3) is 3.48. The molecule has 0 saturated carbocycles. The van der Waals surface area contributed by atoms with E-state index in [9.17, 15) is 9.59 Å². The molecule has 6 heteroatoms. The fourth-order valence-corrected chi connectivity index (χ4v) is 3.55. The molecule has 1 saturated heterocycles. The molecular weight excluding hydrogens is 320 g/mol. The smallest absolute Gasteiger partial charge is 0.317 e. The minimum absolute atomic E-state index is 0.0865. The lowest BCUT2D eigenvalue weighted by Crippen LogP contribution is -2.48. The molecule has 1 N–H and O–H groups in total. The molecule has 2 heterocycles. The molecule has 0 spiro atoms. The second-order valence-corrected chi connectivity index (χ2v) is 6.63. The third-order valence-electron chi connectivity index (χ3n) is 5.01. The number of amides is 2. The lowest BCUT2D eigenvalue weighted by molar-refractivity contribution is -0.148. The van der Waals surface area contributed by atoms with E-state index in [0.29, 0.717) is 26.1 Å². The molecule has 0 unspecified atom stereocenters. The van der Waals surface area contributed by atoms with Gasteiger partial charge in [-0.25, -0.2) is 4.79 Å². The number of nitrogens with one attached hydrogen (secondary N) is 1. The number of fused-ring (bicyclic) bond motifs is 1. The zero-order chi connectivity index (χ0) is 18.0. The maximum Gasteiger partial charge on any atom is 0.317 e. The van der Waals surface area contributed by atoms with Crippen molar-refractivity contribution in [2.24, 2.45) is 11.8 Å². The quantitative estimate of drug-likeness (QED) is 0.869. The topological polar surface area (TPSA) is 71.8 Å². The summed E-state index contributed by atoms with van der Waals surface area (Å²) >= 11 is 0. The summed E-state index contributed by atoms with van der Waals surface area (Å²) in [6.07, 6.45) is 0.634. The van der Waals surface area contributed by atoms with Gasteiger partial charge in [-0.2, -0.15) is 0 Å². The monoisotopic (exact) mass is 344 g/mol. The highest BCUT2D eigenvalue weighted by Gasteiger charge is 2.33. The number of methoxy groups -OCH3 is 1. The first-order valence-electron chi connectivity index (χ1n) is 8.59. The first-order valence-corrected chi connectivity index (χ1v) is 8.59. The highest BCUT2D eigenvalue weighted by Crippen LogP contribution is 2.26. The molecule has 1 aliphatic rings. The molecule has 134 valence electrons. The number of likely N-dealkylation sites (tertiary alicyclic amines) is 1. The molecule has 1 aromatic heterocycles. The number of ether oxygens (including phenoxy) is 1. The Hall–Kier alpha value is -2.50. The van der Waals surface area contributed by atoms with E-state index in [4.69, 9.17) is 9.15 Å². The van der Waals surface area contributed by atoms with Gasteiger partial charge in [-0.15, -0.1) is 0 Å². The second kappa shape index (κ2) is 7.17. The van der Waals surface area contributed by atoms with Crippen LogP contribution in [-0.2, 0) is 16.1 Å². The SMILES string of the molecule is COC(=O)[C@H]1CCN(C(=O)NCc2c(C)oc3ccccc23)C[C@H]1C. The average Bonchev–Trinajstić information content (AvgIpc) is 2.94. The van der Waals surface area contributed by atoms with Crippen molar-refractivity contribution in [2.75, 3.05) is 20.2 Å². The van der Waals surface area contributed by atoms with Crippen LogP contribution in [0.3, 0.4) is 0 Å². The summed E-state index contributed by atoms with van der Waals surface area (Å²) in [5.41, 5.74) is 1.83. The Morgan fingerprint density at radius 3 is 2.84 bits per heavy atom. The number of furan rings is 1. The maximum atomic E-state index is 12.5. The third-order valence-corrected chi connectivity index (χ3v) is 5.01. The van der Waals surface area contributed by atoms with Crippen LogP contribution in [0.1, 0.15) is 24.7 Å². The molecule has 1 aliphatic heterocycles. The maximum absolute atomic E-state index is 12.5. The van der Waals surface area contributed by atoms with Crippen LogP contribution in [0.5, 0.6) is 0 Å². The predicted molar refractivity (Wildman–Crippen MR) is 94.0 cm³/mol. The number of urea groups is 1. The number of esters is 1. The van der Waals surface area contributed by atoms with Crippen LogP contribution in [0.2, 0.25) is 0 Å². The van der Waals surface area contributed by atoms with Crippen molar-refractivity contribution in [2.45, 2.75) is 26.8 Å². The van der Waals surface area contributed by atoms with E-state index in [0.717, 1.165) is 22.3 Å². The number of piperidine rings is 1. The largest absolute Gasteiger partial charge is 0.469 e. The van der Waals surface area contributed by atoms with E-state index >= 15 is 0 Å². The van der Waals surface area contributed by atoms with E-state index in [2.05, 4.69) is 5.32 Å². The average molecular weight is 344 g/mol. The molecule has 25 heavy (non-hydrogen) atoms. The van der Waals surface area contributed by atoms with E-state index in [1.165, 1.54) is 7.11 Å². The first kappa shape index (κ1) is 17.3. The number of aryl methyl sites for hydroxylation is 1. The molecule has 3 rings (SSSR count). The highest BCUT2D eigenvalue weighted by atomic mass is 16.5. The van der Waals surface area contributed by atoms with Gasteiger partial charge in [-0.05, 0) is 25.3 Å². The number of carbonyl (C=O) groups is 2. The summed E-state index contributed by atoms with van der Waals surface area (Å²) in [4.78, 5) is 26.0. The van der Waals surface area contributed by atoms with Crippen molar-refractivity contribution in [1.82, 2.24) is 10.2 Å². The fourth-order valence-electron chi connectivity index (χ4n) is 3.55. The molecule has 0 radical (unpaired) electrons. The molecule has 6 nitrogen and oxygen atoms in total. The molecule has 2 atom stereocenters. The van der Waals surface area contributed by atoms with Gasteiger partial charge in [0, 0.05) is 30.6 Å². The number of nitrogens with zero attached hydrogens (tertiary/aromatic N) is 1. The van der Waals surface area contributed by atoms with E-state index in [1.807, 2.05) is 38.1 Å². The van der Waals surface area contributed by atoms with Gasteiger partial charge < -0.3 is 19.4 Å². The summed E-state index contributed by atoms with van der Waals surface area (Å²) in [6.45, 7) is 5.42. The molecule has 2 amide bonds. The Kier molecular flexibility index (Phi) is 4.97. The molecule has 2 aromatic rings. The van der Waals surface area contributed by atoms with Crippen LogP contribution >= 0.6 is 0 Å². The Morgan fingerprint density at radius 2 is 2.12 bits per heavy atom. The lowest BCUT2D eigenvalue weighted by atomic mass is 9.87. The molecule has 1 fully saturated rings. The van der Waals surface area contributed by atoms with Gasteiger partial charge in [-0.3, -0.25) is 4.79 Å². The van der Waals surface area contributed by atoms with Gasteiger partial charge in [0.1, 0.15) is 11.3 Å². The van der Waals surface area contributed by atoms with Gasteiger partial charge >= 0.3 is 12.0 Å². The standard InChI is InChI=1S/C19H24N2O4/c1-12-11-21(9-8-14(12)18(22)24-3)19(23)20-10-16-13(2)25-17-7-5-4-6-15(16)17/h4-7,12,14H,8-11H2,1-3H3,(H,20,23)/t12-,14+/m1/s1. The van der Waals surface area contributed by atoms with Crippen LogP contribution in [0.25, 0.3) is 11.0 Å². The Balaban J connectivity index is 1.61. The summed E-state index contributed by atoms with van der Waals surface area (Å²) in [7, 11) is 1.41. The minimum atomic E-state index is -0.187. The van der Waals surface area contributed by atoms with Crippen molar-refractivity contribution in [3.63, 3.8) is 0 Å². The molecular formula is C19H24N2O4. The highest BCUT2D eigenvalue weighted by molar-refractivity contribution is 5.83. The minimum Gasteiger partial charge on any atom is -0.469 e. The van der Waals surface area contributed by atoms with Gasteiger partial charge in [0.15, 0.2) is 0 Å². The van der Waals surface area contributed by atoms with Crippen LogP contribution in [0.4, 0.5) is 4.79 Å².